The van der Waals surface area contributed by atoms with Crippen molar-refractivity contribution in [2.45, 2.75) is 6.42 Å². The van der Waals surface area contributed by atoms with Gasteiger partial charge in [0, 0.05) is 6.54 Å². The van der Waals surface area contributed by atoms with Crippen molar-refractivity contribution in [3.8, 4) is 11.5 Å². The molecule has 0 fully saturated rings. The lowest BCUT2D eigenvalue weighted by Gasteiger charge is -2.17. The highest BCUT2D eigenvalue weighted by molar-refractivity contribution is 6.01. The summed E-state index contributed by atoms with van der Waals surface area (Å²) in [6, 6.07) is 12.5. The van der Waals surface area contributed by atoms with Crippen molar-refractivity contribution >= 4 is 17.6 Å². The van der Waals surface area contributed by atoms with E-state index in [1.165, 1.54) is 7.11 Å². The van der Waals surface area contributed by atoms with Crippen LogP contribution in [0.1, 0.15) is 15.9 Å². The van der Waals surface area contributed by atoms with Crippen LogP contribution in [0.3, 0.4) is 0 Å². The number of esters is 1. The van der Waals surface area contributed by atoms with Crippen molar-refractivity contribution in [3.05, 3.63) is 53.6 Å². The van der Waals surface area contributed by atoms with Gasteiger partial charge in [-0.3, -0.25) is 9.69 Å². The molecule has 0 aliphatic heterocycles. The van der Waals surface area contributed by atoms with Gasteiger partial charge in [0.2, 0.25) is 5.91 Å². The van der Waals surface area contributed by atoms with Crippen molar-refractivity contribution < 1.29 is 23.8 Å². The Morgan fingerprint density at radius 2 is 1.71 bits per heavy atom. The summed E-state index contributed by atoms with van der Waals surface area (Å²) in [5.41, 5.74) is 1.85. The molecular weight excluding hydrogens is 360 g/mol. The Hall–Kier alpha value is -3.06. The van der Waals surface area contributed by atoms with Gasteiger partial charge in [-0.2, -0.15) is 0 Å². The molecule has 7 nitrogen and oxygen atoms in total. The summed E-state index contributed by atoms with van der Waals surface area (Å²) in [5, 5.41) is 2.77. The van der Waals surface area contributed by atoms with Crippen LogP contribution < -0.4 is 14.8 Å². The maximum Gasteiger partial charge on any atom is 0.339 e. The van der Waals surface area contributed by atoms with E-state index in [0.717, 1.165) is 12.0 Å². The Morgan fingerprint density at radius 1 is 1.00 bits per heavy atom. The van der Waals surface area contributed by atoms with Crippen LogP contribution in [-0.2, 0) is 16.0 Å². The number of ether oxygens (including phenoxy) is 3. The molecule has 2 aromatic rings. The number of likely N-dealkylation sites (N-methyl/N-ethyl adjacent to an activating group) is 1. The van der Waals surface area contributed by atoms with Gasteiger partial charge in [-0.25, -0.2) is 4.79 Å². The number of nitrogens with zero attached hydrogens (tertiary/aromatic N) is 1. The molecule has 0 aliphatic carbocycles. The van der Waals surface area contributed by atoms with Crippen molar-refractivity contribution in [1.29, 1.82) is 0 Å². The van der Waals surface area contributed by atoms with Crippen molar-refractivity contribution in [1.82, 2.24) is 4.90 Å². The fraction of sp³-hybridized carbons (Fsp3) is 0.333. The van der Waals surface area contributed by atoms with Gasteiger partial charge >= 0.3 is 5.97 Å². The van der Waals surface area contributed by atoms with Crippen LogP contribution in [0, 0.1) is 0 Å². The van der Waals surface area contributed by atoms with Gasteiger partial charge in [0.25, 0.3) is 0 Å². The molecule has 0 heterocycles. The van der Waals surface area contributed by atoms with E-state index in [1.807, 2.05) is 30.1 Å². The second kappa shape index (κ2) is 10.3. The molecule has 0 unspecified atom stereocenters. The molecule has 0 saturated carbocycles. The third kappa shape index (κ3) is 5.72. The molecule has 0 spiro atoms. The van der Waals surface area contributed by atoms with Crippen molar-refractivity contribution in [2.75, 3.05) is 46.8 Å². The van der Waals surface area contributed by atoms with Gasteiger partial charge in [0.15, 0.2) is 11.5 Å². The van der Waals surface area contributed by atoms with E-state index >= 15 is 0 Å². The smallest absolute Gasteiger partial charge is 0.339 e. The topological polar surface area (TPSA) is 77.1 Å². The van der Waals surface area contributed by atoms with Gasteiger partial charge in [-0.1, -0.05) is 18.2 Å². The van der Waals surface area contributed by atoms with Crippen LogP contribution in [0.5, 0.6) is 11.5 Å². The Morgan fingerprint density at radius 3 is 2.39 bits per heavy atom. The lowest BCUT2D eigenvalue weighted by atomic mass is 10.1. The number of carbonyl (C=O) groups is 2. The summed E-state index contributed by atoms with van der Waals surface area (Å²) in [6.07, 6.45) is 0.753. The first-order valence-corrected chi connectivity index (χ1v) is 8.85. The molecule has 0 aliphatic rings. The second-order valence-corrected chi connectivity index (χ2v) is 6.26. The zero-order valence-corrected chi connectivity index (χ0v) is 16.7. The summed E-state index contributed by atoms with van der Waals surface area (Å²) in [5.74, 6) is 0.673. The molecule has 0 radical (unpaired) electrons. The molecule has 0 bridgehead atoms. The fourth-order valence-electron chi connectivity index (χ4n) is 2.75. The number of benzene rings is 2. The number of nitrogens with one attached hydrogen (secondary N) is 1. The van der Waals surface area contributed by atoms with Gasteiger partial charge in [-0.15, -0.1) is 0 Å². The van der Waals surface area contributed by atoms with Gasteiger partial charge in [0.05, 0.1) is 39.1 Å². The van der Waals surface area contributed by atoms with E-state index < -0.39 is 5.97 Å². The Balaban J connectivity index is 1.91. The average Bonchev–Trinajstić information content (AvgIpc) is 2.71. The number of para-hydroxylation sites is 1. The zero-order valence-electron chi connectivity index (χ0n) is 16.7. The highest BCUT2D eigenvalue weighted by atomic mass is 16.5. The summed E-state index contributed by atoms with van der Waals surface area (Å²) in [4.78, 5) is 26.0. The summed E-state index contributed by atoms with van der Waals surface area (Å²) in [7, 11) is 6.38. The van der Waals surface area contributed by atoms with E-state index in [-0.39, 0.29) is 12.5 Å². The molecular formula is C21H26N2O5. The van der Waals surface area contributed by atoms with Crippen LogP contribution in [0.15, 0.2) is 42.5 Å². The molecule has 1 amide bonds. The van der Waals surface area contributed by atoms with Crippen LogP contribution in [-0.4, -0.2) is 58.2 Å². The number of carbonyl (C=O) groups excluding carboxylic acids is 2. The van der Waals surface area contributed by atoms with Crippen LogP contribution >= 0.6 is 0 Å². The minimum Gasteiger partial charge on any atom is -0.493 e. The fourth-order valence-corrected chi connectivity index (χ4v) is 2.75. The molecule has 0 atom stereocenters. The van der Waals surface area contributed by atoms with Crippen LogP contribution in [0.4, 0.5) is 5.69 Å². The molecule has 2 rings (SSSR count). The summed E-state index contributed by atoms with van der Waals surface area (Å²) in [6.45, 7) is 0.879. The van der Waals surface area contributed by atoms with Gasteiger partial charge in [-0.05, 0) is 43.3 Å². The first-order valence-electron chi connectivity index (χ1n) is 8.85. The molecule has 1 N–H and O–H groups in total. The van der Waals surface area contributed by atoms with Crippen molar-refractivity contribution in [3.63, 3.8) is 0 Å². The van der Waals surface area contributed by atoms with Crippen LogP contribution in [0.2, 0.25) is 0 Å². The first-order chi connectivity index (χ1) is 13.5. The van der Waals surface area contributed by atoms with Crippen molar-refractivity contribution in [2.24, 2.45) is 0 Å². The van der Waals surface area contributed by atoms with Gasteiger partial charge in [0.1, 0.15) is 0 Å². The quantitative estimate of drug-likeness (QED) is 0.668. The minimum absolute atomic E-state index is 0.197. The standard InChI is InChI=1S/C21H26N2O5/c1-23(12-11-15-9-10-18(26-2)19(13-15)27-3)14-20(24)22-17-8-6-5-7-16(17)21(25)28-4/h5-10,13H,11-12,14H2,1-4H3,(H,22,24). The summed E-state index contributed by atoms with van der Waals surface area (Å²) < 4.78 is 15.3. The monoisotopic (exact) mass is 386 g/mol. The number of anilines is 1. The molecule has 28 heavy (non-hydrogen) atoms. The molecule has 0 aromatic heterocycles. The second-order valence-electron chi connectivity index (χ2n) is 6.26. The van der Waals surface area contributed by atoms with Crippen LogP contribution in [0.25, 0.3) is 0 Å². The normalized spacial score (nSPS) is 10.5. The number of amides is 1. The van der Waals surface area contributed by atoms with E-state index in [9.17, 15) is 9.59 Å². The largest absolute Gasteiger partial charge is 0.493 e. The molecule has 0 saturated heterocycles. The van der Waals surface area contributed by atoms with Gasteiger partial charge < -0.3 is 19.5 Å². The van der Waals surface area contributed by atoms with E-state index in [1.54, 1.807) is 38.5 Å². The maximum absolute atomic E-state index is 12.3. The lowest BCUT2D eigenvalue weighted by molar-refractivity contribution is -0.117. The predicted molar refractivity (Wildman–Crippen MR) is 107 cm³/mol. The van der Waals surface area contributed by atoms with E-state index in [4.69, 9.17) is 14.2 Å². The number of rotatable bonds is 9. The lowest BCUT2D eigenvalue weighted by Crippen LogP contribution is -2.32. The number of hydrogen-bond acceptors (Lipinski definition) is 6. The Kier molecular flexibility index (Phi) is 7.83. The molecule has 7 heteroatoms. The number of methoxy groups -OCH3 is 3. The Bertz CT molecular complexity index is 822. The highest BCUT2D eigenvalue weighted by Gasteiger charge is 2.14. The SMILES string of the molecule is COC(=O)c1ccccc1NC(=O)CN(C)CCc1ccc(OC)c(OC)c1. The van der Waals surface area contributed by atoms with E-state index in [0.29, 0.717) is 29.3 Å². The summed E-state index contributed by atoms with van der Waals surface area (Å²) >= 11 is 0. The minimum atomic E-state index is -0.488. The third-order valence-corrected chi connectivity index (χ3v) is 4.25. The molecule has 150 valence electrons. The first kappa shape index (κ1) is 21.2. The molecule has 2 aromatic carbocycles. The maximum atomic E-state index is 12.3. The highest BCUT2D eigenvalue weighted by Crippen LogP contribution is 2.27. The number of hydrogen-bond donors (Lipinski definition) is 1. The zero-order chi connectivity index (χ0) is 20.5. The predicted octanol–water partition coefficient (Wildman–Crippen LogP) is 2.60. The Labute approximate surface area is 165 Å². The average molecular weight is 386 g/mol. The third-order valence-electron chi connectivity index (χ3n) is 4.25. The van der Waals surface area contributed by atoms with E-state index in [2.05, 4.69) is 5.32 Å².